The number of ether oxygens (including phenoxy) is 1. The Hall–Kier alpha value is -2.34. The molecule has 0 aliphatic carbocycles. The fourth-order valence-electron chi connectivity index (χ4n) is 1.56. The fraction of sp³-hybridized carbons (Fsp3) is 0.0714. The summed E-state index contributed by atoms with van der Waals surface area (Å²) in [5.74, 6) is -2.38. The number of halogens is 3. The first-order valence-corrected chi connectivity index (χ1v) is 6.26. The molecule has 0 saturated carbocycles. The molecule has 0 unspecified atom stereocenters. The summed E-state index contributed by atoms with van der Waals surface area (Å²) in [6.07, 6.45) is 0. The number of carbonyl (C=O) groups is 1. The zero-order valence-corrected chi connectivity index (χ0v) is 11.5. The Balaban J connectivity index is 1.97. The number of rotatable bonds is 4. The van der Waals surface area contributed by atoms with Crippen molar-refractivity contribution in [2.24, 2.45) is 0 Å². The van der Waals surface area contributed by atoms with Crippen LogP contribution in [0.2, 0.25) is 5.02 Å². The summed E-state index contributed by atoms with van der Waals surface area (Å²) in [6, 6.07) is 7.40. The van der Waals surface area contributed by atoms with Gasteiger partial charge in [-0.1, -0.05) is 11.6 Å². The van der Waals surface area contributed by atoms with E-state index in [4.69, 9.17) is 22.1 Å². The fourth-order valence-corrected chi connectivity index (χ4v) is 1.73. The molecule has 0 atom stereocenters. The summed E-state index contributed by atoms with van der Waals surface area (Å²) in [5, 5.41) is 2.89. The summed E-state index contributed by atoms with van der Waals surface area (Å²) in [5.41, 5.74) is 6.33. The van der Waals surface area contributed by atoms with Gasteiger partial charge in [0.25, 0.3) is 5.91 Å². The van der Waals surface area contributed by atoms with Crippen molar-refractivity contribution in [3.63, 3.8) is 0 Å². The number of anilines is 2. The summed E-state index contributed by atoms with van der Waals surface area (Å²) < 4.78 is 31.0. The molecule has 0 heterocycles. The third kappa shape index (κ3) is 4.06. The highest BCUT2D eigenvalue weighted by molar-refractivity contribution is 6.31. The van der Waals surface area contributed by atoms with Crippen LogP contribution >= 0.6 is 11.6 Å². The van der Waals surface area contributed by atoms with Crippen LogP contribution in [0.4, 0.5) is 20.2 Å². The SMILES string of the molecule is Nc1ccc(Cl)cc1NC(=O)COc1ccc(F)cc1F. The van der Waals surface area contributed by atoms with E-state index in [1.807, 2.05) is 0 Å². The van der Waals surface area contributed by atoms with Crippen LogP contribution in [0, 0.1) is 11.6 Å². The topological polar surface area (TPSA) is 64.3 Å². The number of hydrogen-bond acceptors (Lipinski definition) is 3. The van der Waals surface area contributed by atoms with E-state index in [-0.39, 0.29) is 5.75 Å². The van der Waals surface area contributed by atoms with Crippen molar-refractivity contribution in [2.45, 2.75) is 0 Å². The van der Waals surface area contributed by atoms with Gasteiger partial charge in [0.1, 0.15) is 5.82 Å². The van der Waals surface area contributed by atoms with Crippen LogP contribution in [0.15, 0.2) is 36.4 Å². The molecule has 0 spiro atoms. The van der Waals surface area contributed by atoms with Gasteiger partial charge in [-0.3, -0.25) is 4.79 Å². The highest BCUT2D eigenvalue weighted by atomic mass is 35.5. The minimum atomic E-state index is -0.884. The number of nitrogens with two attached hydrogens (primary N) is 1. The van der Waals surface area contributed by atoms with Crippen LogP contribution in [0.3, 0.4) is 0 Å². The lowest BCUT2D eigenvalue weighted by Crippen LogP contribution is -2.21. The quantitative estimate of drug-likeness (QED) is 0.852. The Morgan fingerprint density at radius 2 is 2.00 bits per heavy atom. The Morgan fingerprint density at radius 1 is 1.24 bits per heavy atom. The number of nitrogens with one attached hydrogen (secondary N) is 1. The molecular formula is C14H11ClF2N2O2. The van der Waals surface area contributed by atoms with Crippen molar-refractivity contribution in [1.29, 1.82) is 0 Å². The molecule has 0 aliphatic rings. The maximum Gasteiger partial charge on any atom is 0.262 e. The lowest BCUT2D eigenvalue weighted by molar-refractivity contribution is -0.118. The molecule has 2 aromatic rings. The average molecular weight is 313 g/mol. The van der Waals surface area contributed by atoms with E-state index in [0.717, 1.165) is 12.1 Å². The monoisotopic (exact) mass is 312 g/mol. The second-order valence-corrected chi connectivity index (χ2v) is 4.58. The van der Waals surface area contributed by atoms with Gasteiger partial charge in [-0.05, 0) is 30.3 Å². The standard InChI is InChI=1S/C14H11ClF2N2O2/c15-8-1-3-11(18)12(5-8)19-14(20)7-21-13-4-2-9(16)6-10(13)17/h1-6H,7,18H2,(H,19,20). The van der Waals surface area contributed by atoms with E-state index in [2.05, 4.69) is 5.32 Å². The van der Waals surface area contributed by atoms with Crippen molar-refractivity contribution < 1.29 is 18.3 Å². The van der Waals surface area contributed by atoms with Crippen molar-refractivity contribution >= 4 is 28.9 Å². The molecule has 7 heteroatoms. The molecule has 21 heavy (non-hydrogen) atoms. The van der Waals surface area contributed by atoms with Crippen molar-refractivity contribution in [3.8, 4) is 5.75 Å². The normalized spacial score (nSPS) is 10.2. The molecule has 110 valence electrons. The molecule has 0 aromatic heterocycles. The van der Waals surface area contributed by atoms with E-state index in [9.17, 15) is 13.6 Å². The smallest absolute Gasteiger partial charge is 0.262 e. The van der Waals surface area contributed by atoms with E-state index < -0.39 is 24.1 Å². The van der Waals surface area contributed by atoms with Crippen LogP contribution in [0.1, 0.15) is 0 Å². The van der Waals surface area contributed by atoms with E-state index in [1.165, 1.54) is 6.07 Å². The van der Waals surface area contributed by atoms with Gasteiger partial charge in [-0.15, -0.1) is 0 Å². The number of hydrogen-bond donors (Lipinski definition) is 2. The molecule has 0 bridgehead atoms. The second kappa shape index (κ2) is 6.41. The number of amides is 1. The summed E-state index contributed by atoms with van der Waals surface area (Å²) in [4.78, 5) is 11.7. The Morgan fingerprint density at radius 3 is 2.71 bits per heavy atom. The highest BCUT2D eigenvalue weighted by Crippen LogP contribution is 2.23. The van der Waals surface area contributed by atoms with Gasteiger partial charge in [0, 0.05) is 11.1 Å². The van der Waals surface area contributed by atoms with Crippen molar-refractivity contribution in [3.05, 3.63) is 53.1 Å². The first-order chi connectivity index (χ1) is 9.95. The average Bonchev–Trinajstić information content (AvgIpc) is 2.42. The van der Waals surface area contributed by atoms with Gasteiger partial charge < -0.3 is 15.8 Å². The zero-order valence-electron chi connectivity index (χ0n) is 10.7. The van der Waals surface area contributed by atoms with Gasteiger partial charge in [0.05, 0.1) is 11.4 Å². The Kier molecular flexibility index (Phi) is 4.59. The lowest BCUT2D eigenvalue weighted by atomic mass is 10.2. The maximum absolute atomic E-state index is 13.3. The van der Waals surface area contributed by atoms with Crippen LogP contribution in [0.5, 0.6) is 5.75 Å². The second-order valence-electron chi connectivity index (χ2n) is 4.14. The van der Waals surface area contributed by atoms with E-state index in [1.54, 1.807) is 12.1 Å². The lowest BCUT2D eigenvalue weighted by Gasteiger charge is -2.10. The predicted octanol–water partition coefficient (Wildman–Crippen LogP) is 3.22. The van der Waals surface area contributed by atoms with Gasteiger partial charge >= 0.3 is 0 Å². The summed E-state index contributed by atoms with van der Waals surface area (Å²) in [6.45, 7) is -0.450. The molecule has 3 N–H and O–H groups in total. The first kappa shape index (κ1) is 15.1. The first-order valence-electron chi connectivity index (χ1n) is 5.88. The number of benzene rings is 2. The molecule has 1 amide bonds. The molecule has 0 fully saturated rings. The number of carbonyl (C=O) groups excluding carboxylic acids is 1. The molecule has 0 radical (unpaired) electrons. The van der Waals surface area contributed by atoms with E-state index in [0.29, 0.717) is 22.5 Å². The van der Waals surface area contributed by atoms with Gasteiger partial charge in [0.2, 0.25) is 0 Å². The van der Waals surface area contributed by atoms with Crippen molar-refractivity contribution in [1.82, 2.24) is 0 Å². The summed E-state index contributed by atoms with van der Waals surface area (Å²) in [7, 11) is 0. The zero-order chi connectivity index (χ0) is 15.4. The van der Waals surface area contributed by atoms with Gasteiger partial charge in [-0.25, -0.2) is 8.78 Å². The van der Waals surface area contributed by atoms with Crippen LogP contribution in [-0.4, -0.2) is 12.5 Å². The molecule has 4 nitrogen and oxygen atoms in total. The number of nitrogen functional groups attached to an aromatic ring is 1. The van der Waals surface area contributed by atoms with E-state index >= 15 is 0 Å². The van der Waals surface area contributed by atoms with Crippen molar-refractivity contribution in [2.75, 3.05) is 17.7 Å². The third-order valence-electron chi connectivity index (χ3n) is 2.54. The minimum absolute atomic E-state index is 0.217. The molecule has 0 saturated heterocycles. The molecule has 0 aliphatic heterocycles. The molecular weight excluding hydrogens is 302 g/mol. The minimum Gasteiger partial charge on any atom is -0.481 e. The van der Waals surface area contributed by atoms with Crippen LogP contribution < -0.4 is 15.8 Å². The molecule has 2 rings (SSSR count). The van der Waals surface area contributed by atoms with Crippen LogP contribution in [-0.2, 0) is 4.79 Å². The highest BCUT2D eigenvalue weighted by Gasteiger charge is 2.10. The van der Waals surface area contributed by atoms with Gasteiger partial charge in [0.15, 0.2) is 18.2 Å². The largest absolute Gasteiger partial charge is 0.481 e. The van der Waals surface area contributed by atoms with Crippen LogP contribution in [0.25, 0.3) is 0 Å². The third-order valence-corrected chi connectivity index (χ3v) is 2.78. The Bertz CT molecular complexity index is 680. The maximum atomic E-state index is 13.3. The predicted molar refractivity (Wildman–Crippen MR) is 76.3 cm³/mol. The van der Waals surface area contributed by atoms with Gasteiger partial charge in [-0.2, -0.15) is 0 Å². The summed E-state index contributed by atoms with van der Waals surface area (Å²) >= 11 is 5.79. The molecule has 2 aromatic carbocycles. The Labute approximate surface area is 124 Å².